The number of nitrogens with zero attached hydrogens (tertiary/aromatic N) is 2. The highest BCUT2D eigenvalue weighted by atomic mass is 16.5. The van der Waals surface area contributed by atoms with Gasteiger partial charge in [0.25, 0.3) is 5.91 Å². The van der Waals surface area contributed by atoms with Gasteiger partial charge in [0.2, 0.25) is 0 Å². The summed E-state index contributed by atoms with van der Waals surface area (Å²) in [5.41, 5.74) is 4.43. The number of benzene rings is 3. The molecule has 33 heavy (non-hydrogen) atoms. The van der Waals surface area contributed by atoms with Gasteiger partial charge >= 0.3 is 0 Å². The lowest BCUT2D eigenvalue weighted by Crippen LogP contribution is -2.26. The number of ether oxygens (including phenoxy) is 1. The Morgan fingerprint density at radius 3 is 2.55 bits per heavy atom. The lowest BCUT2D eigenvalue weighted by atomic mass is 10.1. The van der Waals surface area contributed by atoms with Crippen LogP contribution in [0.1, 0.15) is 34.5 Å². The number of hydrogen-bond donors (Lipinski definition) is 2. The molecule has 0 unspecified atom stereocenters. The van der Waals surface area contributed by atoms with E-state index in [4.69, 9.17) is 4.74 Å². The third-order valence-corrected chi connectivity index (χ3v) is 5.30. The number of nitrogens with one attached hydrogen (secondary N) is 2. The zero-order chi connectivity index (χ0) is 23.2. The van der Waals surface area contributed by atoms with Crippen molar-refractivity contribution in [2.24, 2.45) is 0 Å². The van der Waals surface area contributed by atoms with Gasteiger partial charge in [-0.15, -0.1) is 0 Å². The molecule has 0 aliphatic heterocycles. The number of anilines is 2. The first-order valence-electron chi connectivity index (χ1n) is 10.7. The number of aryl methyl sites for hydroxylation is 1. The molecule has 1 aromatic heterocycles. The van der Waals surface area contributed by atoms with Gasteiger partial charge in [0.15, 0.2) is 5.82 Å². The van der Waals surface area contributed by atoms with Crippen molar-refractivity contribution in [3.8, 4) is 17.1 Å². The molecule has 0 saturated carbocycles. The summed E-state index contributed by atoms with van der Waals surface area (Å²) < 4.78 is 5.28. The Labute approximate surface area is 193 Å². The van der Waals surface area contributed by atoms with Crippen molar-refractivity contribution in [3.05, 3.63) is 102 Å². The van der Waals surface area contributed by atoms with Crippen LogP contribution in [0.3, 0.4) is 0 Å². The summed E-state index contributed by atoms with van der Waals surface area (Å²) in [6.45, 7) is 3.99. The van der Waals surface area contributed by atoms with Gasteiger partial charge in [0.05, 0.1) is 13.2 Å². The Kier molecular flexibility index (Phi) is 6.64. The first-order chi connectivity index (χ1) is 16.0. The second-order valence-electron chi connectivity index (χ2n) is 7.81. The van der Waals surface area contributed by atoms with Gasteiger partial charge in [-0.25, -0.2) is 9.97 Å². The zero-order valence-electron chi connectivity index (χ0n) is 18.9. The van der Waals surface area contributed by atoms with Gasteiger partial charge in [0.1, 0.15) is 11.6 Å². The molecule has 1 amide bonds. The summed E-state index contributed by atoms with van der Waals surface area (Å²) in [5.74, 6) is 1.90. The van der Waals surface area contributed by atoms with Gasteiger partial charge in [-0.3, -0.25) is 4.79 Å². The van der Waals surface area contributed by atoms with Crippen LogP contribution in [0.4, 0.5) is 11.5 Å². The van der Waals surface area contributed by atoms with Crippen LogP contribution < -0.4 is 15.4 Å². The molecule has 3 aromatic carbocycles. The predicted octanol–water partition coefficient (Wildman–Crippen LogP) is 5.70. The van der Waals surface area contributed by atoms with Gasteiger partial charge in [0, 0.05) is 23.0 Å². The number of amides is 1. The van der Waals surface area contributed by atoms with E-state index in [1.807, 2.05) is 74.5 Å². The average molecular weight is 439 g/mol. The molecule has 0 aliphatic rings. The smallest absolute Gasteiger partial charge is 0.251 e. The molecule has 0 saturated heterocycles. The number of carbonyl (C=O) groups is 1. The minimum atomic E-state index is -0.164. The Balaban J connectivity index is 1.47. The summed E-state index contributed by atoms with van der Waals surface area (Å²) in [6.07, 6.45) is 1.72. The average Bonchev–Trinajstić information content (AvgIpc) is 2.85. The first-order valence-corrected chi connectivity index (χ1v) is 10.7. The molecule has 0 bridgehead atoms. The van der Waals surface area contributed by atoms with Crippen LogP contribution in [0.2, 0.25) is 0 Å². The molecule has 0 fully saturated rings. The zero-order valence-corrected chi connectivity index (χ0v) is 18.9. The minimum Gasteiger partial charge on any atom is -0.497 e. The van der Waals surface area contributed by atoms with Gasteiger partial charge in [-0.2, -0.15) is 0 Å². The van der Waals surface area contributed by atoms with Crippen molar-refractivity contribution < 1.29 is 9.53 Å². The van der Waals surface area contributed by atoms with E-state index in [9.17, 15) is 4.79 Å². The molecule has 4 rings (SSSR count). The van der Waals surface area contributed by atoms with E-state index < -0.39 is 0 Å². The SMILES string of the molecule is COc1cccc([C@@H](C)NC(=O)c2cccc(Nc3ccnc(-c4ccc(C)cc4)n3)c2)c1. The first kappa shape index (κ1) is 22.0. The maximum atomic E-state index is 12.9. The molecule has 4 aromatic rings. The van der Waals surface area contributed by atoms with Crippen molar-refractivity contribution in [2.45, 2.75) is 19.9 Å². The van der Waals surface area contributed by atoms with Crippen LogP contribution in [-0.4, -0.2) is 23.0 Å². The molecule has 166 valence electrons. The van der Waals surface area contributed by atoms with Crippen molar-refractivity contribution in [3.63, 3.8) is 0 Å². The second-order valence-corrected chi connectivity index (χ2v) is 7.81. The van der Waals surface area contributed by atoms with E-state index in [-0.39, 0.29) is 11.9 Å². The number of hydrogen-bond acceptors (Lipinski definition) is 5. The van der Waals surface area contributed by atoms with Crippen molar-refractivity contribution >= 4 is 17.4 Å². The lowest BCUT2D eigenvalue weighted by Gasteiger charge is -2.16. The van der Waals surface area contributed by atoms with Crippen LogP contribution in [-0.2, 0) is 0 Å². The maximum absolute atomic E-state index is 12.9. The molecule has 0 radical (unpaired) electrons. The normalized spacial score (nSPS) is 11.5. The molecule has 2 N–H and O–H groups in total. The van der Waals surface area contributed by atoms with Gasteiger partial charge in [-0.1, -0.05) is 48.0 Å². The van der Waals surface area contributed by atoms with E-state index in [0.717, 1.165) is 22.6 Å². The van der Waals surface area contributed by atoms with Crippen LogP contribution in [0.25, 0.3) is 11.4 Å². The summed E-state index contributed by atoms with van der Waals surface area (Å²) in [4.78, 5) is 21.8. The highest BCUT2D eigenvalue weighted by Gasteiger charge is 2.13. The summed E-state index contributed by atoms with van der Waals surface area (Å²) >= 11 is 0. The Morgan fingerprint density at radius 1 is 0.970 bits per heavy atom. The standard InChI is InChI=1S/C27H26N4O2/c1-18-10-12-20(13-11-18)26-28-15-14-25(31-26)30-23-8-4-7-22(16-23)27(32)29-19(2)21-6-5-9-24(17-21)33-3/h4-17,19H,1-3H3,(H,29,32)(H,28,30,31)/t19-/m1/s1. The Hall–Kier alpha value is -4.19. The fraction of sp³-hybridized carbons (Fsp3) is 0.148. The summed E-state index contributed by atoms with van der Waals surface area (Å²) in [6, 6.07) is 24.7. The highest BCUT2D eigenvalue weighted by molar-refractivity contribution is 5.95. The lowest BCUT2D eigenvalue weighted by molar-refractivity contribution is 0.0940. The molecular weight excluding hydrogens is 412 g/mol. The molecule has 0 spiro atoms. The minimum absolute atomic E-state index is 0.156. The van der Waals surface area contributed by atoms with Crippen molar-refractivity contribution in [1.29, 1.82) is 0 Å². The Bertz CT molecular complexity index is 1250. The fourth-order valence-electron chi connectivity index (χ4n) is 3.43. The monoisotopic (exact) mass is 438 g/mol. The van der Waals surface area contributed by atoms with Crippen LogP contribution >= 0.6 is 0 Å². The van der Waals surface area contributed by atoms with Crippen LogP contribution in [0.15, 0.2) is 85.1 Å². The molecule has 1 atom stereocenters. The van der Waals surface area contributed by atoms with Crippen molar-refractivity contribution in [1.82, 2.24) is 15.3 Å². The third-order valence-electron chi connectivity index (χ3n) is 5.30. The van der Waals surface area contributed by atoms with E-state index in [2.05, 4.69) is 20.6 Å². The quantitative estimate of drug-likeness (QED) is 0.387. The molecule has 6 heteroatoms. The third kappa shape index (κ3) is 5.54. The topological polar surface area (TPSA) is 76.1 Å². The molecular formula is C27H26N4O2. The van der Waals surface area contributed by atoms with Gasteiger partial charge < -0.3 is 15.4 Å². The van der Waals surface area contributed by atoms with Gasteiger partial charge in [-0.05, 0) is 55.8 Å². The number of aromatic nitrogens is 2. The molecule has 6 nitrogen and oxygen atoms in total. The van der Waals surface area contributed by atoms with Crippen molar-refractivity contribution in [2.75, 3.05) is 12.4 Å². The Morgan fingerprint density at radius 2 is 1.76 bits per heavy atom. The number of carbonyl (C=O) groups excluding carboxylic acids is 1. The largest absolute Gasteiger partial charge is 0.497 e. The predicted molar refractivity (Wildman–Crippen MR) is 131 cm³/mol. The van der Waals surface area contributed by atoms with E-state index >= 15 is 0 Å². The molecule has 0 aliphatic carbocycles. The van der Waals surface area contributed by atoms with Crippen LogP contribution in [0.5, 0.6) is 5.75 Å². The molecule has 1 heterocycles. The van der Waals surface area contributed by atoms with E-state index in [0.29, 0.717) is 17.2 Å². The summed E-state index contributed by atoms with van der Waals surface area (Å²) in [7, 11) is 1.63. The van der Waals surface area contributed by atoms with E-state index in [1.165, 1.54) is 5.56 Å². The van der Waals surface area contributed by atoms with Crippen LogP contribution in [0, 0.1) is 6.92 Å². The number of methoxy groups -OCH3 is 1. The summed E-state index contributed by atoms with van der Waals surface area (Å²) in [5, 5.41) is 6.32. The highest BCUT2D eigenvalue weighted by Crippen LogP contribution is 2.22. The second kappa shape index (κ2) is 9.96. The maximum Gasteiger partial charge on any atom is 0.251 e. The van der Waals surface area contributed by atoms with E-state index in [1.54, 1.807) is 31.5 Å². The number of rotatable bonds is 7. The fourth-order valence-corrected chi connectivity index (χ4v) is 3.43.